The van der Waals surface area contributed by atoms with Crippen LogP contribution in [0.1, 0.15) is 15.2 Å². The summed E-state index contributed by atoms with van der Waals surface area (Å²) in [7, 11) is 0. The molecule has 0 saturated heterocycles. The van der Waals surface area contributed by atoms with Gasteiger partial charge in [-0.25, -0.2) is 4.68 Å². The summed E-state index contributed by atoms with van der Waals surface area (Å²) in [5.41, 5.74) is 5.79. The number of fused-ring (bicyclic) bond motifs is 1. The van der Waals surface area contributed by atoms with E-state index in [4.69, 9.17) is 5.73 Å². The topological polar surface area (TPSA) is 85.0 Å². The first-order chi connectivity index (χ1) is 10.2. The van der Waals surface area contributed by atoms with Crippen LogP contribution in [0.25, 0.3) is 0 Å². The molecule has 1 atom stereocenters. The number of carbonyl (C=O) groups excluding carboxylic acids is 1. The van der Waals surface area contributed by atoms with E-state index in [0.29, 0.717) is 11.5 Å². The number of carbonyl (C=O) groups is 1. The van der Waals surface area contributed by atoms with Gasteiger partial charge in [0.25, 0.3) is 5.91 Å². The van der Waals surface area contributed by atoms with Gasteiger partial charge in [-0.1, -0.05) is 6.07 Å². The summed E-state index contributed by atoms with van der Waals surface area (Å²) in [6, 6.07) is 4.25. The Labute approximate surface area is 127 Å². The summed E-state index contributed by atoms with van der Waals surface area (Å²) in [4.78, 5) is 12.7. The zero-order valence-corrected chi connectivity index (χ0v) is 12.5. The number of hydrogen-bond donors (Lipinski definition) is 3. The van der Waals surface area contributed by atoms with Crippen molar-refractivity contribution in [3.8, 4) is 0 Å². The van der Waals surface area contributed by atoms with Gasteiger partial charge in [-0.05, 0) is 24.4 Å². The Morgan fingerprint density at radius 3 is 3.29 bits per heavy atom. The average molecular weight is 305 g/mol. The van der Waals surface area contributed by atoms with Crippen molar-refractivity contribution in [1.82, 2.24) is 15.1 Å². The maximum absolute atomic E-state index is 11.3. The molecule has 6 nitrogen and oxygen atoms in total. The van der Waals surface area contributed by atoms with E-state index in [1.807, 2.05) is 4.68 Å². The minimum atomic E-state index is -0.434. The second-order valence-electron chi connectivity index (χ2n) is 5.23. The fourth-order valence-corrected chi connectivity index (χ4v) is 3.26. The van der Waals surface area contributed by atoms with Crippen LogP contribution in [0.4, 0.5) is 5.82 Å². The number of nitrogens with zero attached hydrogens (tertiary/aromatic N) is 2. The maximum Gasteiger partial charge on any atom is 0.254 e. The molecule has 1 aliphatic rings. The average Bonchev–Trinajstić information content (AvgIpc) is 3.12. The summed E-state index contributed by atoms with van der Waals surface area (Å²) >= 11 is 1.79. The van der Waals surface area contributed by atoms with Crippen LogP contribution in [0, 0.1) is 5.92 Å². The van der Waals surface area contributed by atoms with Gasteiger partial charge in [0.05, 0.1) is 6.20 Å². The molecule has 7 heteroatoms. The van der Waals surface area contributed by atoms with Crippen molar-refractivity contribution in [2.24, 2.45) is 11.7 Å². The van der Waals surface area contributed by atoms with Gasteiger partial charge in [0.15, 0.2) is 0 Å². The van der Waals surface area contributed by atoms with Crippen LogP contribution < -0.4 is 16.4 Å². The van der Waals surface area contributed by atoms with Crippen LogP contribution >= 0.6 is 11.3 Å². The molecule has 112 valence electrons. The molecule has 21 heavy (non-hydrogen) atoms. The zero-order chi connectivity index (χ0) is 14.7. The monoisotopic (exact) mass is 305 g/mol. The summed E-state index contributed by atoms with van der Waals surface area (Å²) in [5.74, 6) is 0.773. The largest absolute Gasteiger partial charge is 0.369 e. The maximum atomic E-state index is 11.3. The molecule has 3 rings (SSSR count). The van der Waals surface area contributed by atoms with Crippen LogP contribution in [-0.2, 0) is 13.0 Å². The van der Waals surface area contributed by atoms with Crippen molar-refractivity contribution < 1.29 is 4.79 Å². The van der Waals surface area contributed by atoms with E-state index in [1.165, 1.54) is 11.1 Å². The molecule has 0 radical (unpaired) electrons. The standard InChI is InChI=1S/C14H19N5OS/c15-13(20)12-8-18-19-9-10(7-17-14(12)19)6-16-4-3-11-2-1-5-21-11/h1-2,5,8,10,16-17H,3-4,6-7,9H2,(H2,15,20). The number of anilines is 1. The number of rotatable bonds is 6. The van der Waals surface area contributed by atoms with Gasteiger partial charge in [-0.15, -0.1) is 11.3 Å². The summed E-state index contributed by atoms with van der Waals surface area (Å²) in [5, 5.41) is 13.1. The number of amides is 1. The highest BCUT2D eigenvalue weighted by Gasteiger charge is 2.23. The number of thiophene rings is 1. The number of nitrogens with two attached hydrogens (primary N) is 1. The fraction of sp³-hybridized carbons (Fsp3) is 0.429. The Bertz CT molecular complexity index is 607. The smallest absolute Gasteiger partial charge is 0.254 e. The molecule has 0 saturated carbocycles. The molecule has 4 N–H and O–H groups in total. The minimum Gasteiger partial charge on any atom is -0.369 e. The lowest BCUT2D eigenvalue weighted by molar-refractivity contribution is 0.100. The van der Waals surface area contributed by atoms with E-state index in [-0.39, 0.29) is 0 Å². The van der Waals surface area contributed by atoms with Crippen LogP contribution in [0.15, 0.2) is 23.7 Å². The van der Waals surface area contributed by atoms with E-state index >= 15 is 0 Å². The molecule has 0 bridgehead atoms. The molecule has 1 unspecified atom stereocenters. The van der Waals surface area contributed by atoms with Gasteiger partial charge in [0.1, 0.15) is 11.4 Å². The van der Waals surface area contributed by atoms with Gasteiger partial charge in [0.2, 0.25) is 0 Å². The normalized spacial score (nSPS) is 17.2. The summed E-state index contributed by atoms with van der Waals surface area (Å²) < 4.78 is 1.83. The predicted octanol–water partition coefficient (Wildman–Crippen LogP) is 0.917. The van der Waals surface area contributed by atoms with Gasteiger partial charge in [0, 0.05) is 30.4 Å². The van der Waals surface area contributed by atoms with E-state index < -0.39 is 5.91 Å². The summed E-state index contributed by atoms with van der Waals surface area (Å²) in [6.45, 7) is 3.55. The first-order valence-corrected chi connectivity index (χ1v) is 7.94. The number of hydrogen-bond acceptors (Lipinski definition) is 5. The third kappa shape index (κ3) is 3.25. The Morgan fingerprint density at radius 2 is 2.52 bits per heavy atom. The molecule has 0 spiro atoms. The predicted molar refractivity (Wildman–Crippen MR) is 83.6 cm³/mol. The SMILES string of the molecule is NC(=O)c1cnn2c1NCC(CNCCc1cccs1)C2. The minimum absolute atomic E-state index is 0.434. The van der Waals surface area contributed by atoms with Crippen LogP contribution in [0.3, 0.4) is 0 Å². The first kappa shape index (κ1) is 14.1. The van der Waals surface area contributed by atoms with E-state index in [9.17, 15) is 4.79 Å². The highest BCUT2D eigenvalue weighted by atomic mass is 32.1. The Hall–Kier alpha value is -1.86. The lowest BCUT2D eigenvalue weighted by Crippen LogP contribution is -2.36. The second kappa shape index (κ2) is 6.28. The van der Waals surface area contributed by atoms with E-state index in [2.05, 4.69) is 33.2 Å². The van der Waals surface area contributed by atoms with Crippen LogP contribution in [0.5, 0.6) is 0 Å². The van der Waals surface area contributed by atoms with Crippen molar-refractivity contribution in [2.75, 3.05) is 25.0 Å². The highest BCUT2D eigenvalue weighted by molar-refractivity contribution is 7.09. The first-order valence-electron chi connectivity index (χ1n) is 7.06. The molecule has 2 aromatic heterocycles. The molecule has 0 aromatic carbocycles. The molecule has 3 heterocycles. The van der Waals surface area contributed by atoms with Gasteiger partial charge < -0.3 is 16.4 Å². The Kier molecular flexibility index (Phi) is 4.21. The van der Waals surface area contributed by atoms with Crippen molar-refractivity contribution in [3.63, 3.8) is 0 Å². The summed E-state index contributed by atoms with van der Waals surface area (Å²) in [6.07, 6.45) is 2.61. The molecule has 0 aliphatic carbocycles. The van der Waals surface area contributed by atoms with Crippen LogP contribution in [0.2, 0.25) is 0 Å². The lowest BCUT2D eigenvalue weighted by atomic mass is 10.1. The fourth-order valence-electron chi connectivity index (χ4n) is 2.55. The van der Waals surface area contributed by atoms with Crippen molar-refractivity contribution >= 4 is 23.1 Å². The zero-order valence-electron chi connectivity index (χ0n) is 11.7. The molecule has 2 aromatic rings. The molecule has 0 fully saturated rings. The third-order valence-electron chi connectivity index (χ3n) is 3.66. The van der Waals surface area contributed by atoms with E-state index in [0.717, 1.165) is 38.4 Å². The van der Waals surface area contributed by atoms with E-state index in [1.54, 1.807) is 11.3 Å². The van der Waals surface area contributed by atoms with Gasteiger partial charge >= 0.3 is 0 Å². The Morgan fingerprint density at radius 1 is 1.62 bits per heavy atom. The number of nitrogens with one attached hydrogen (secondary N) is 2. The van der Waals surface area contributed by atoms with Gasteiger partial charge in [-0.2, -0.15) is 5.10 Å². The third-order valence-corrected chi connectivity index (χ3v) is 4.59. The number of aromatic nitrogens is 2. The van der Waals surface area contributed by atoms with Crippen molar-refractivity contribution in [3.05, 3.63) is 34.2 Å². The second-order valence-corrected chi connectivity index (χ2v) is 6.27. The molecular formula is C14H19N5OS. The molecular weight excluding hydrogens is 286 g/mol. The lowest BCUT2D eigenvalue weighted by Gasteiger charge is -2.25. The van der Waals surface area contributed by atoms with Crippen molar-refractivity contribution in [2.45, 2.75) is 13.0 Å². The molecule has 1 amide bonds. The van der Waals surface area contributed by atoms with Crippen molar-refractivity contribution in [1.29, 1.82) is 0 Å². The van der Waals surface area contributed by atoms with Crippen LogP contribution in [-0.4, -0.2) is 35.3 Å². The quantitative estimate of drug-likeness (QED) is 0.693. The van der Waals surface area contributed by atoms with Gasteiger partial charge in [-0.3, -0.25) is 4.79 Å². The molecule has 1 aliphatic heterocycles. The highest BCUT2D eigenvalue weighted by Crippen LogP contribution is 2.21. The Balaban J connectivity index is 1.47. The number of primary amides is 1.